The highest BCUT2D eigenvalue weighted by Crippen LogP contribution is 2.26. The number of nitrogens with zero attached hydrogens (tertiary/aromatic N) is 1. The Labute approximate surface area is 105 Å². The molecule has 1 saturated heterocycles. The molecule has 1 aliphatic rings. The maximum absolute atomic E-state index is 9.71. The summed E-state index contributed by atoms with van der Waals surface area (Å²) in [6.07, 6.45) is 3.92. The topological polar surface area (TPSA) is 35.5 Å². The minimum atomic E-state index is 0.298. The average molecular weight is 285 g/mol. The fraction of sp³-hybridized carbons (Fsp3) is 0.500. The molecule has 4 heteroatoms. The van der Waals surface area contributed by atoms with Crippen molar-refractivity contribution in [2.45, 2.75) is 19.3 Å². The van der Waals surface area contributed by atoms with Crippen molar-refractivity contribution < 1.29 is 5.11 Å². The number of hydrogen-bond donors (Lipinski definition) is 2. The van der Waals surface area contributed by atoms with Gasteiger partial charge in [0.25, 0.3) is 0 Å². The van der Waals surface area contributed by atoms with Gasteiger partial charge in [0.05, 0.1) is 12.4 Å². The fourth-order valence-electron chi connectivity index (χ4n) is 1.97. The van der Waals surface area contributed by atoms with Crippen LogP contribution in [-0.4, -0.2) is 29.8 Å². The highest BCUT2D eigenvalue weighted by atomic mass is 79.9. The molecule has 0 atom stereocenters. The van der Waals surface area contributed by atoms with E-state index in [2.05, 4.69) is 26.1 Å². The van der Waals surface area contributed by atoms with Crippen LogP contribution in [0.4, 0.5) is 5.69 Å². The van der Waals surface area contributed by atoms with Crippen LogP contribution in [0.1, 0.15) is 19.3 Å². The second-order valence-corrected chi connectivity index (χ2v) is 5.09. The van der Waals surface area contributed by atoms with Gasteiger partial charge < -0.3 is 10.4 Å². The van der Waals surface area contributed by atoms with Gasteiger partial charge >= 0.3 is 0 Å². The van der Waals surface area contributed by atoms with Crippen molar-refractivity contribution in [3.8, 4) is 5.75 Å². The van der Waals surface area contributed by atoms with Gasteiger partial charge in [-0.25, -0.2) is 0 Å². The number of benzene rings is 1. The first kappa shape index (κ1) is 11.7. The number of phenols is 1. The Morgan fingerprint density at radius 3 is 2.69 bits per heavy atom. The maximum Gasteiger partial charge on any atom is 0.139 e. The molecular weight excluding hydrogens is 268 g/mol. The summed E-state index contributed by atoms with van der Waals surface area (Å²) in [5, 5.41) is 13.0. The summed E-state index contributed by atoms with van der Waals surface area (Å²) in [6.45, 7) is 3.13. The van der Waals surface area contributed by atoms with E-state index >= 15 is 0 Å². The van der Waals surface area contributed by atoms with Gasteiger partial charge in [0.2, 0.25) is 0 Å². The number of rotatable bonds is 3. The molecule has 0 aliphatic carbocycles. The Morgan fingerprint density at radius 1 is 1.25 bits per heavy atom. The zero-order chi connectivity index (χ0) is 11.4. The highest BCUT2D eigenvalue weighted by Gasteiger charge is 2.10. The SMILES string of the molecule is Oc1cc(Br)ccc1NCN1CCCCC1. The molecule has 0 radical (unpaired) electrons. The Bertz CT molecular complexity index is 351. The third kappa shape index (κ3) is 3.12. The molecule has 1 aromatic rings. The molecule has 1 aliphatic heterocycles. The van der Waals surface area contributed by atoms with E-state index in [0.717, 1.165) is 29.9 Å². The van der Waals surface area contributed by atoms with Crippen molar-refractivity contribution >= 4 is 21.6 Å². The van der Waals surface area contributed by atoms with Gasteiger partial charge in [0, 0.05) is 4.47 Å². The summed E-state index contributed by atoms with van der Waals surface area (Å²) < 4.78 is 0.897. The predicted molar refractivity (Wildman–Crippen MR) is 69.7 cm³/mol. The number of halogens is 1. The van der Waals surface area contributed by atoms with Crippen LogP contribution in [0.3, 0.4) is 0 Å². The summed E-state index contributed by atoms with van der Waals surface area (Å²) in [4.78, 5) is 2.38. The minimum absolute atomic E-state index is 0.298. The van der Waals surface area contributed by atoms with Crippen LogP contribution in [0.25, 0.3) is 0 Å². The normalized spacial score (nSPS) is 17.3. The van der Waals surface area contributed by atoms with Crippen molar-refractivity contribution in [2.24, 2.45) is 0 Å². The van der Waals surface area contributed by atoms with Gasteiger partial charge in [-0.3, -0.25) is 4.90 Å². The van der Waals surface area contributed by atoms with E-state index in [4.69, 9.17) is 0 Å². The van der Waals surface area contributed by atoms with Crippen LogP contribution in [0.15, 0.2) is 22.7 Å². The van der Waals surface area contributed by atoms with E-state index in [-0.39, 0.29) is 0 Å². The number of anilines is 1. The van der Waals surface area contributed by atoms with Crippen LogP contribution in [-0.2, 0) is 0 Å². The number of aromatic hydroxyl groups is 1. The first-order valence-electron chi connectivity index (χ1n) is 5.70. The largest absolute Gasteiger partial charge is 0.506 e. The molecule has 2 rings (SSSR count). The molecule has 2 N–H and O–H groups in total. The standard InChI is InChI=1S/C12H17BrN2O/c13-10-4-5-11(12(16)8-10)14-9-15-6-2-1-3-7-15/h4-5,8,14,16H,1-3,6-7,9H2. The molecule has 0 amide bonds. The molecule has 3 nitrogen and oxygen atoms in total. The van der Waals surface area contributed by atoms with Crippen LogP contribution in [0, 0.1) is 0 Å². The first-order chi connectivity index (χ1) is 7.75. The minimum Gasteiger partial charge on any atom is -0.506 e. The lowest BCUT2D eigenvalue weighted by Gasteiger charge is -2.27. The third-order valence-electron chi connectivity index (χ3n) is 2.90. The molecule has 1 heterocycles. The molecular formula is C12H17BrN2O. The lowest BCUT2D eigenvalue weighted by Crippen LogP contribution is -2.34. The molecule has 0 unspecified atom stereocenters. The highest BCUT2D eigenvalue weighted by molar-refractivity contribution is 9.10. The van der Waals surface area contributed by atoms with Crippen LogP contribution < -0.4 is 5.32 Å². The number of nitrogens with one attached hydrogen (secondary N) is 1. The molecule has 16 heavy (non-hydrogen) atoms. The Hall–Kier alpha value is -0.740. The second kappa shape index (κ2) is 5.55. The van der Waals surface area contributed by atoms with E-state index in [9.17, 15) is 5.11 Å². The number of phenolic OH excluding ortho intramolecular Hbond substituents is 1. The van der Waals surface area contributed by atoms with E-state index in [0.29, 0.717) is 5.75 Å². The molecule has 0 aromatic heterocycles. The van der Waals surface area contributed by atoms with Gasteiger partial charge in [-0.2, -0.15) is 0 Å². The number of piperidine rings is 1. The number of hydrogen-bond acceptors (Lipinski definition) is 3. The fourth-order valence-corrected chi connectivity index (χ4v) is 2.32. The Morgan fingerprint density at radius 2 is 2.00 bits per heavy atom. The van der Waals surface area contributed by atoms with Crippen LogP contribution in [0.2, 0.25) is 0 Å². The first-order valence-corrected chi connectivity index (χ1v) is 6.50. The summed E-state index contributed by atoms with van der Waals surface area (Å²) in [6, 6.07) is 5.53. The smallest absolute Gasteiger partial charge is 0.139 e. The maximum atomic E-state index is 9.71. The summed E-state index contributed by atoms with van der Waals surface area (Å²) in [5.74, 6) is 0.298. The number of likely N-dealkylation sites (tertiary alicyclic amines) is 1. The predicted octanol–water partition coefficient (Wildman–Crippen LogP) is 3.01. The zero-order valence-electron chi connectivity index (χ0n) is 9.25. The van der Waals surface area contributed by atoms with Gasteiger partial charge in [-0.1, -0.05) is 22.4 Å². The monoisotopic (exact) mass is 284 g/mol. The van der Waals surface area contributed by atoms with Gasteiger partial charge in [-0.15, -0.1) is 0 Å². The summed E-state index contributed by atoms with van der Waals surface area (Å²) in [5.41, 5.74) is 0.800. The van der Waals surface area contributed by atoms with Crippen molar-refractivity contribution in [3.05, 3.63) is 22.7 Å². The van der Waals surface area contributed by atoms with E-state index in [1.54, 1.807) is 6.07 Å². The molecule has 88 valence electrons. The van der Waals surface area contributed by atoms with Gasteiger partial charge in [-0.05, 0) is 44.1 Å². The lowest BCUT2D eigenvalue weighted by molar-refractivity contribution is 0.243. The summed E-state index contributed by atoms with van der Waals surface area (Å²) in [7, 11) is 0. The third-order valence-corrected chi connectivity index (χ3v) is 3.39. The van der Waals surface area contributed by atoms with Crippen molar-refractivity contribution in [1.82, 2.24) is 4.90 Å². The molecule has 0 saturated carbocycles. The quantitative estimate of drug-likeness (QED) is 0.838. The molecule has 0 spiro atoms. The van der Waals surface area contributed by atoms with E-state index in [1.165, 1.54) is 19.3 Å². The van der Waals surface area contributed by atoms with E-state index in [1.807, 2.05) is 12.1 Å². The lowest BCUT2D eigenvalue weighted by atomic mass is 10.1. The molecule has 1 aromatic carbocycles. The zero-order valence-corrected chi connectivity index (χ0v) is 10.8. The molecule has 1 fully saturated rings. The van der Waals surface area contributed by atoms with Crippen LogP contribution >= 0.6 is 15.9 Å². The van der Waals surface area contributed by atoms with Crippen molar-refractivity contribution in [2.75, 3.05) is 25.1 Å². The van der Waals surface area contributed by atoms with Gasteiger partial charge in [0.1, 0.15) is 5.75 Å². The van der Waals surface area contributed by atoms with Crippen molar-refractivity contribution in [1.29, 1.82) is 0 Å². The van der Waals surface area contributed by atoms with Crippen LogP contribution in [0.5, 0.6) is 5.75 Å². The van der Waals surface area contributed by atoms with Crippen molar-refractivity contribution in [3.63, 3.8) is 0 Å². The summed E-state index contributed by atoms with van der Waals surface area (Å²) >= 11 is 3.33. The second-order valence-electron chi connectivity index (χ2n) is 4.18. The molecule has 0 bridgehead atoms. The Balaban J connectivity index is 1.88. The van der Waals surface area contributed by atoms with E-state index < -0.39 is 0 Å². The Kier molecular flexibility index (Phi) is 4.07. The van der Waals surface area contributed by atoms with Gasteiger partial charge in [0.15, 0.2) is 0 Å². The average Bonchev–Trinajstić information content (AvgIpc) is 2.29.